The average Bonchev–Trinajstić information content (AvgIpc) is 2.83. The third kappa shape index (κ3) is 1.63. The Balaban J connectivity index is 2.03. The third-order valence-electron chi connectivity index (χ3n) is 4.11. The Hall–Kier alpha value is -1.42. The second-order valence-corrected chi connectivity index (χ2v) is 5.05. The van der Waals surface area contributed by atoms with E-state index >= 15 is 0 Å². The maximum Gasteiger partial charge on any atom is 0.231 e. The van der Waals surface area contributed by atoms with E-state index in [0.29, 0.717) is 0 Å². The number of hydrogen-bond donors (Lipinski definition) is 1. The molecule has 0 radical (unpaired) electrons. The zero-order valence-corrected chi connectivity index (χ0v) is 10.9. The molecular formula is C14H19NO3. The summed E-state index contributed by atoms with van der Waals surface area (Å²) in [4.78, 5) is 0. The Labute approximate surface area is 107 Å². The summed E-state index contributed by atoms with van der Waals surface area (Å²) in [5.41, 5.74) is 7.18. The zero-order chi connectivity index (χ0) is 12.8. The molecule has 98 valence electrons. The summed E-state index contributed by atoms with van der Waals surface area (Å²) >= 11 is 0. The number of ether oxygens (including phenoxy) is 3. The van der Waals surface area contributed by atoms with Gasteiger partial charge in [-0.2, -0.15) is 0 Å². The van der Waals surface area contributed by atoms with Crippen LogP contribution in [0, 0.1) is 0 Å². The molecule has 2 N–H and O–H groups in total. The van der Waals surface area contributed by atoms with Gasteiger partial charge < -0.3 is 19.9 Å². The molecule has 4 nitrogen and oxygen atoms in total. The van der Waals surface area contributed by atoms with Crippen molar-refractivity contribution in [1.29, 1.82) is 0 Å². The maximum atomic E-state index is 6.29. The van der Waals surface area contributed by atoms with Crippen LogP contribution in [-0.4, -0.2) is 12.4 Å². The van der Waals surface area contributed by atoms with Crippen LogP contribution in [0.4, 0.5) is 0 Å². The lowest BCUT2D eigenvalue weighted by atomic mass is 9.84. The van der Waals surface area contributed by atoms with Crippen LogP contribution in [-0.2, 0) is 0 Å². The Morgan fingerprint density at radius 2 is 1.83 bits per heavy atom. The van der Waals surface area contributed by atoms with Crippen LogP contribution in [0.3, 0.4) is 0 Å². The molecule has 18 heavy (non-hydrogen) atoms. The van der Waals surface area contributed by atoms with Gasteiger partial charge in [0.2, 0.25) is 6.79 Å². The molecule has 0 aromatic heterocycles. The Morgan fingerprint density at radius 1 is 1.17 bits per heavy atom. The lowest BCUT2D eigenvalue weighted by Crippen LogP contribution is -2.41. The molecule has 0 aliphatic carbocycles. The molecule has 2 aliphatic heterocycles. The normalized spacial score (nSPS) is 23.4. The van der Waals surface area contributed by atoms with Crippen molar-refractivity contribution in [2.24, 2.45) is 5.73 Å². The highest BCUT2D eigenvalue weighted by atomic mass is 16.7. The van der Waals surface area contributed by atoms with Gasteiger partial charge >= 0.3 is 0 Å². The Kier molecular flexibility index (Phi) is 2.63. The zero-order valence-electron chi connectivity index (χ0n) is 10.9. The van der Waals surface area contributed by atoms with Crippen molar-refractivity contribution < 1.29 is 14.2 Å². The lowest BCUT2D eigenvalue weighted by Gasteiger charge is -2.40. The van der Waals surface area contributed by atoms with Gasteiger partial charge in [-0.1, -0.05) is 13.8 Å². The number of fused-ring (bicyclic) bond motifs is 2. The molecule has 0 fully saturated rings. The van der Waals surface area contributed by atoms with Crippen molar-refractivity contribution >= 4 is 0 Å². The van der Waals surface area contributed by atoms with E-state index in [1.54, 1.807) is 0 Å². The summed E-state index contributed by atoms with van der Waals surface area (Å²) in [6.07, 6.45) is 2.78. The molecule has 2 aliphatic rings. The molecule has 1 atom stereocenters. The number of nitrogens with two attached hydrogens (primary N) is 1. The summed E-state index contributed by atoms with van der Waals surface area (Å²) in [7, 11) is 0. The minimum atomic E-state index is -0.139. The molecule has 0 saturated carbocycles. The second-order valence-electron chi connectivity index (χ2n) is 5.05. The minimum absolute atomic E-state index is 0.00292. The molecule has 1 aromatic rings. The van der Waals surface area contributed by atoms with Crippen molar-refractivity contribution in [3.8, 4) is 17.2 Å². The van der Waals surface area contributed by atoms with Gasteiger partial charge in [-0.05, 0) is 18.9 Å². The highest BCUT2D eigenvalue weighted by Gasteiger charge is 2.38. The van der Waals surface area contributed by atoms with Crippen LogP contribution < -0.4 is 19.9 Å². The first-order valence-corrected chi connectivity index (χ1v) is 6.55. The van der Waals surface area contributed by atoms with Gasteiger partial charge in [-0.15, -0.1) is 0 Å². The van der Waals surface area contributed by atoms with Gasteiger partial charge in [0.25, 0.3) is 0 Å². The summed E-state index contributed by atoms with van der Waals surface area (Å²) < 4.78 is 17.0. The SMILES string of the molecule is CCC1(CC)CC(N)c2cc3c(cc2O1)OCO3. The van der Waals surface area contributed by atoms with Crippen molar-refractivity contribution in [3.05, 3.63) is 17.7 Å². The minimum Gasteiger partial charge on any atom is -0.487 e. The molecule has 4 heteroatoms. The molecule has 0 bridgehead atoms. The van der Waals surface area contributed by atoms with Crippen LogP contribution in [0.2, 0.25) is 0 Å². The number of rotatable bonds is 2. The van der Waals surface area contributed by atoms with Crippen molar-refractivity contribution in [1.82, 2.24) is 0 Å². The average molecular weight is 249 g/mol. The largest absolute Gasteiger partial charge is 0.487 e. The van der Waals surface area contributed by atoms with Crippen LogP contribution in [0.25, 0.3) is 0 Å². The molecule has 0 amide bonds. The molecule has 1 aromatic carbocycles. The predicted octanol–water partition coefficient (Wildman–Crippen LogP) is 2.76. The molecular weight excluding hydrogens is 230 g/mol. The molecule has 1 unspecified atom stereocenters. The Bertz CT molecular complexity index is 468. The maximum absolute atomic E-state index is 6.29. The van der Waals surface area contributed by atoms with Crippen LogP contribution in [0.15, 0.2) is 12.1 Å². The standard InChI is InChI=1S/C14H19NO3/c1-3-14(4-2)7-10(15)9-5-12-13(17-8-16-12)6-11(9)18-14/h5-6,10H,3-4,7-8,15H2,1-2H3. The van der Waals surface area contributed by atoms with Gasteiger partial charge in [-0.3, -0.25) is 0 Å². The predicted molar refractivity (Wildman–Crippen MR) is 68.1 cm³/mol. The Morgan fingerprint density at radius 3 is 2.50 bits per heavy atom. The summed E-state index contributed by atoms with van der Waals surface area (Å²) in [5.74, 6) is 2.37. The van der Waals surface area contributed by atoms with Crippen LogP contribution in [0.5, 0.6) is 17.2 Å². The van der Waals surface area contributed by atoms with Gasteiger partial charge in [0.05, 0.1) is 0 Å². The number of benzene rings is 1. The highest BCUT2D eigenvalue weighted by Crippen LogP contribution is 2.47. The fourth-order valence-electron chi connectivity index (χ4n) is 2.79. The van der Waals surface area contributed by atoms with E-state index < -0.39 is 0 Å². The number of hydrogen-bond acceptors (Lipinski definition) is 4. The highest BCUT2D eigenvalue weighted by molar-refractivity contribution is 5.53. The van der Waals surface area contributed by atoms with Crippen molar-refractivity contribution in [3.63, 3.8) is 0 Å². The molecule has 0 spiro atoms. The van der Waals surface area contributed by atoms with Gasteiger partial charge in [0.15, 0.2) is 11.5 Å². The van der Waals surface area contributed by atoms with E-state index in [2.05, 4.69) is 13.8 Å². The van der Waals surface area contributed by atoms with E-state index in [1.807, 2.05) is 12.1 Å². The molecule has 0 saturated heterocycles. The lowest BCUT2D eigenvalue weighted by molar-refractivity contribution is 0.0281. The third-order valence-corrected chi connectivity index (χ3v) is 4.11. The summed E-state index contributed by atoms with van der Waals surface area (Å²) in [6.45, 7) is 4.57. The first-order chi connectivity index (χ1) is 8.67. The monoisotopic (exact) mass is 249 g/mol. The van der Waals surface area contributed by atoms with E-state index in [-0.39, 0.29) is 18.4 Å². The van der Waals surface area contributed by atoms with E-state index in [0.717, 1.165) is 42.1 Å². The first kappa shape index (κ1) is 11.7. The fourth-order valence-corrected chi connectivity index (χ4v) is 2.79. The summed E-state index contributed by atoms with van der Waals surface area (Å²) in [5, 5.41) is 0. The second kappa shape index (κ2) is 4.05. The van der Waals surface area contributed by atoms with Gasteiger partial charge in [0.1, 0.15) is 11.4 Å². The van der Waals surface area contributed by atoms with E-state index in [4.69, 9.17) is 19.9 Å². The van der Waals surface area contributed by atoms with E-state index in [1.165, 1.54) is 0 Å². The van der Waals surface area contributed by atoms with Gasteiger partial charge in [0, 0.05) is 24.1 Å². The van der Waals surface area contributed by atoms with Crippen LogP contribution >= 0.6 is 0 Å². The van der Waals surface area contributed by atoms with E-state index in [9.17, 15) is 0 Å². The van der Waals surface area contributed by atoms with Gasteiger partial charge in [-0.25, -0.2) is 0 Å². The smallest absolute Gasteiger partial charge is 0.231 e. The van der Waals surface area contributed by atoms with Crippen molar-refractivity contribution in [2.75, 3.05) is 6.79 Å². The molecule has 2 heterocycles. The van der Waals surface area contributed by atoms with Crippen LogP contribution in [0.1, 0.15) is 44.7 Å². The first-order valence-electron chi connectivity index (χ1n) is 6.55. The topological polar surface area (TPSA) is 53.7 Å². The quantitative estimate of drug-likeness (QED) is 0.875. The van der Waals surface area contributed by atoms with Crippen molar-refractivity contribution in [2.45, 2.75) is 44.8 Å². The summed E-state index contributed by atoms with van der Waals surface area (Å²) in [6, 6.07) is 3.87. The fraction of sp³-hybridized carbons (Fsp3) is 0.571. The molecule has 3 rings (SSSR count).